The molecule has 542 valence electrons. The van der Waals surface area contributed by atoms with Crippen LogP contribution in [0.4, 0.5) is 32.8 Å². The minimum Gasteiger partial charge on any atom is -0.466 e. The Morgan fingerprint density at radius 1 is 0.681 bits per heavy atom. The average molecular weight is 1360 g/mol. The number of hydrogen-bond acceptors (Lipinski definition) is 24. The van der Waals surface area contributed by atoms with Gasteiger partial charge in [-0.3, -0.25) is 14.5 Å². The lowest BCUT2D eigenvalue weighted by Crippen LogP contribution is -2.71. The van der Waals surface area contributed by atoms with E-state index in [1.165, 1.54) is 34.7 Å². The molecule has 30 nitrogen and oxygen atoms in total. The van der Waals surface area contributed by atoms with E-state index in [1.54, 1.807) is 110 Å². The summed E-state index contributed by atoms with van der Waals surface area (Å²) in [5.74, 6) is -1.78. The monoisotopic (exact) mass is 1360 g/mol. The summed E-state index contributed by atoms with van der Waals surface area (Å²) in [6.07, 6.45) is -19.5. The molecule has 2 fully saturated rings. The van der Waals surface area contributed by atoms with Crippen LogP contribution >= 0.6 is 0 Å². The number of hydrogen-bond donors (Lipinski definition) is 8. The second-order valence-corrected chi connectivity index (χ2v) is 29.3. The number of ether oxygens (including phenoxy) is 12. The molecule has 94 heavy (non-hydrogen) atoms. The predicted octanol–water partition coefficient (Wildman–Crippen LogP) is 5.46. The molecule has 1 aliphatic carbocycles. The molecule has 0 aromatic rings. The zero-order chi connectivity index (χ0) is 71.7. The number of alkyl halides is 2. The zero-order valence-corrected chi connectivity index (χ0v) is 58.3. The second kappa shape index (κ2) is 34.9. The Balaban J connectivity index is 1.98. The van der Waals surface area contributed by atoms with Crippen molar-refractivity contribution in [3.63, 3.8) is 0 Å². The number of esters is 1. The lowest BCUT2D eigenvalue weighted by molar-refractivity contribution is -0.311. The number of carbonyl (C=O) groups excluding carboxylic acids is 7. The number of aliphatic hydroxyl groups excluding tert-OH is 3. The van der Waals surface area contributed by atoms with Crippen LogP contribution < -0.4 is 21.3 Å². The highest BCUT2D eigenvalue weighted by Crippen LogP contribution is 2.35. The molecule has 1 saturated carbocycles. The van der Waals surface area contributed by atoms with Gasteiger partial charge >= 0.3 is 36.4 Å². The quantitative estimate of drug-likeness (QED) is 0.0185. The summed E-state index contributed by atoms with van der Waals surface area (Å²) in [7, 11) is 1.29. The molecule has 3 aliphatic rings. The molecule has 0 unspecified atom stereocenters. The van der Waals surface area contributed by atoms with Crippen LogP contribution in [-0.2, 0) is 66.4 Å². The van der Waals surface area contributed by atoms with Crippen molar-refractivity contribution in [2.75, 3.05) is 59.7 Å². The van der Waals surface area contributed by atoms with Gasteiger partial charge in [-0.05, 0) is 163 Å². The summed E-state index contributed by atoms with van der Waals surface area (Å²) >= 11 is 0. The summed E-state index contributed by atoms with van der Waals surface area (Å²) < 4.78 is 97.0. The fraction of sp³-hybridized carbons (Fsp3) is 0.839. The van der Waals surface area contributed by atoms with Crippen molar-refractivity contribution in [1.29, 1.82) is 0 Å². The van der Waals surface area contributed by atoms with Gasteiger partial charge in [0, 0.05) is 20.0 Å². The van der Waals surface area contributed by atoms with Crippen LogP contribution in [0.5, 0.6) is 0 Å². The first-order valence-corrected chi connectivity index (χ1v) is 31.4. The minimum absolute atomic E-state index is 0.0142. The number of carbonyl (C=O) groups is 7. The Hall–Kier alpha value is -5.84. The highest BCUT2D eigenvalue weighted by Gasteiger charge is 2.55. The van der Waals surface area contributed by atoms with Crippen LogP contribution in [0.25, 0.3) is 0 Å². The van der Waals surface area contributed by atoms with E-state index in [1.807, 2.05) is 0 Å². The van der Waals surface area contributed by atoms with Crippen LogP contribution in [0.3, 0.4) is 0 Å². The summed E-state index contributed by atoms with van der Waals surface area (Å²) in [6, 6.07) is -5.29. The van der Waals surface area contributed by atoms with Gasteiger partial charge in [0.05, 0.1) is 63.7 Å². The van der Waals surface area contributed by atoms with E-state index in [-0.39, 0.29) is 70.8 Å². The SMILES string of the molecule is CN(C(=O)OC(C)(C)C)[C@@H]1[C@@H](O)[C@@H](O[C@@H]2[C@@H](O)[C@H](O[C@H]3OC(CNCCOCCOCC(=NC(=O)OC(C)(C)C)N(CC(F)F)C(=O)OC(C)(C)C)=CC[C@H]3NC(=O)OC(C)(C)C)[C@@H](NC(=O)OC(C)(C)C)C[C@H]2NC(=O)[C@@H](O)CCCC(=O)OC(C)(C)C)OC[C@]1(C)O. The maximum Gasteiger partial charge on any atom is 0.435 e. The summed E-state index contributed by atoms with van der Waals surface area (Å²) in [5.41, 5.74) is -7.84. The van der Waals surface area contributed by atoms with Gasteiger partial charge in [0.2, 0.25) is 12.2 Å². The number of rotatable bonds is 25. The third-order valence-electron chi connectivity index (χ3n) is 13.1. The van der Waals surface area contributed by atoms with Crippen LogP contribution in [0.2, 0.25) is 0 Å². The Morgan fingerprint density at radius 2 is 1.19 bits per heavy atom. The number of halogens is 2. The molecule has 32 heteroatoms. The van der Waals surface area contributed by atoms with Crippen molar-refractivity contribution >= 4 is 48.2 Å². The number of likely N-dealkylation sites (N-methyl/N-ethyl adjacent to an activating group) is 1. The highest BCUT2D eigenvalue weighted by molar-refractivity contribution is 6.01. The van der Waals surface area contributed by atoms with Crippen molar-refractivity contribution in [3.8, 4) is 0 Å². The van der Waals surface area contributed by atoms with Gasteiger partial charge in [-0.25, -0.2) is 32.8 Å². The number of amides is 6. The molecule has 12 atom stereocenters. The molecule has 2 heterocycles. The molecule has 6 amide bonds. The molecule has 1 saturated heterocycles. The Bertz CT molecular complexity index is 2560. The average Bonchev–Trinajstić information content (AvgIpc) is 0.771. The van der Waals surface area contributed by atoms with E-state index in [4.69, 9.17) is 56.8 Å². The minimum atomic E-state index is -3.04. The van der Waals surface area contributed by atoms with Gasteiger partial charge < -0.3 is 103 Å². The summed E-state index contributed by atoms with van der Waals surface area (Å²) in [5, 5.41) is 59.0. The van der Waals surface area contributed by atoms with Gasteiger partial charge in [-0.15, -0.1) is 0 Å². The highest BCUT2D eigenvalue weighted by atomic mass is 19.3. The smallest absolute Gasteiger partial charge is 0.435 e. The number of alkyl carbamates (subject to hydrolysis) is 2. The van der Waals surface area contributed by atoms with Gasteiger partial charge in [-0.2, -0.15) is 4.99 Å². The van der Waals surface area contributed by atoms with Crippen molar-refractivity contribution in [2.24, 2.45) is 4.99 Å². The molecule has 0 bridgehead atoms. The molecule has 2 aliphatic heterocycles. The predicted molar refractivity (Wildman–Crippen MR) is 333 cm³/mol. The molecule has 0 spiro atoms. The van der Waals surface area contributed by atoms with Crippen LogP contribution in [0.15, 0.2) is 16.8 Å². The van der Waals surface area contributed by atoms with E-state index >= 15 is 0 Å². The van der Waals surface area contributed by atoms with E-state index in [0.29, 0.717) is 4.90 Å². The lowest BCUT2D eigenvalue weighted by Gasteiger charge is -2.50. The third-order valence-corrected chi connectivity index (χ3v) is 13.1. The van der Waals surface area contributed by atoms with E-state index in [9.17, 15) is 62.8 Å². The molecule has 0 aromatic heterocycles. The van der Waals surface area contributed by atoms with Crippen molar-refractivity contribution < 1.29 is 120 Å². The van der Waals surface area contributed by atoms with Gasteiger partial charge in [0.15, 0.2) is 6.29 Å². The number of amidine groups is 1. The number of aliphatic hydroxyl groups is 4. The zero-order valence-electron chi connectivity index (χ0n) is 58.3. The molecular weight excluding hydrogens is 1250 g/mol. The van der Waals surface area contributed by atoms with Crippen LogP contribution in [-0.4, -0.2) is 251 Å². The maximum absolute atomic E-state index is 14.0. The molecule has 8 N–H and O–H groups in total. The Kier molecular flexibility index (Phi) is 30.6. The van der Waals surface area contributed by atoms with E-state index in [2.05, 4.69) is 26.3 Å². The largest absolute Gasteiger partial charge is 0.466 e. The number of nitrogens with one attached hydrogen (secondary N) is 4. The first-order valence-electron chi connectivity index (χ1n) is 31.4. The van der Waals surface area contributed by atoms with Gasteiger partial charge in [-0.1, -0.05) is 0 Å². The molecule has 0 aromatic carbocycles. The van der Waals surface area contributed by atoms with Crippen molar-refractivity contribution in [2.45, 2.75) is 277 Å². The normalized spacial score (nSPS) is 25.1. The topological polar surface area (TPSA) is 378 Å². The summed E-state index contributed by atoms with van der Waals surface area (Å²) in [4.78, 5) is 98.3. The first-order chi connectivity index (χ1) is 42.9. The molecule has 3 rings (SSSR count). The van der Waals surface area contributed by atoms with E-state index in [0.717, 1.165) is 4.90 Å². The number of aliphatic imine (C=N–C) groups is 1. The summed E-state index contributed by atoms with van der Waals surface area (Å²) in [6.45, 7) is 28.1. The Morgan fingerprint density at radius 3 is 1.73 bits per heavy atom. The maximum atomic E-state index is 14.0. The fourth-order valence-electron chi connectivity index (χ4n) is 9.53. The first kappa shape index (κ1) is 82.4. The third kappa shape index (κ3) is 30.5. The van der Waals surface area contributed by atoms with Crippen molar-refractivity contribution in [3.05, 3.63) is 11.8 Å². The van der Waals surface area contributed by atoms with E-state index < -0.39 is 181 Å². The van der Waals surface area contributed by atoms with Crippen LogP contribution in [0.1, 0.15) is 164 Å². The van der Waals surface area contributed by atoms with Gasteiger partial charge in [0.1, 0.15) is 87.9 Å². The second-order valence-electron chi connectivity index (χ2n) is 29.3. The standard InChI is InChI=1S/C62H107F2N7O23/c1-56(2,3)89-42(73)23-21-22-39(72)48(76)66-37-30-38(68-52(78)91-58(7,8)9)46(43(74)45(37)88-50-44(75)47(62(19,82)34-85-50)70(20)54(80)93-60(13,14)15)87-49-36(67-51(77)90-57(4,5)6)25-24-35(86-49)31-65-26-27-83-28-29-84-33-41(69-53(79)92-59(10,11)12)71(32-40(63)64)55(81)94-61(16,17)18/h24,36-40,43-47,49-50,65,72,74-75,82H,21-23,25-34H2,1-20H3,(H,66,76)(H,67,77)(H,68,78)/t36-,37-,38+,39+,43-,44-,45+,46-,47-,49-,50-,62+/m1/s1. The lowest BCUT2D eigenvalue weighted by atomic mass is 9.82. The fourth-order valence-corrected chi connectivity index (χ4v) is 9.53. The van der Waals surface area contributed by atoms with Crippen LogP contribution in [0, 0.1) is 0 Å². The molecular formula is C62H107F2N7O23. The van der Waals surface area contributed by atoms with Crippen molar-refractivity contribution in [1.82, 2.24) is 31.1 Å². The molecule has 0 radical (unpaired) electrons. The number of nitrogens with zero attached hydrogens (tertiary/aromatic N) is 3. The van der Waals surface area contributed by atoms with Gasteiger partial charge in [0.25, 0.3) is 6.43 Å². The Labute approximate surface area is 550 Å².